The average Bonchev–Trinajstić information content (AvgIpc) is 3.06. The first kappa shape index (κ1) is 25.2. The Morgan fingerprint density at radius 3 is 2.43 bits per heavy atom. The van der Waals surface area contributed by atoms with Crippen molar-refractivity contribution in [3.8, 4) is 0 Å². The van der Waals surface area contributed by atoms with E-state index in [1.165, 1.54) is 12.5 Å². The van der Waals surface area contributed by atoms with Crippen molar-refractivity contribution in [3.63, 3.8) is 0 Å². The van der Waals surface area contributed by atoms with E-state index >= 15 is 0 Å². The molecular weight excluding hydrogens is 460 g/mol. The first-order chi connectivity index (χ1) is 16.6. The van der Waals surface area contributed by atoms with Crippen LogP contribution >= 0.6 is 11.6 Å². The summed E-state index contributed by atoms with van der Waals surface area (Å²) in [4.78, 5) is 27.0. The number of rotatable bonds is 7. The van der Waals surface area contributed by atoms with Crippen molar-refractivity contribution in [1.29, 1.82) is 0 Å². The Labute approximate surface area is 212 Å². The van der Waals surface area contributed by atoms with Crippen LogP contribution in [0.25, 0.3) is 0 Å². The first-order valence-corrected chi connectivity index (χ1v) is 12.5. The van der Waals surface area contributed by atoms with Crippen LogP contribution in [0, 0.1) is 0 Å². The predicted molar refractivity (Wildman–Crippen MR) is 139 cm³/mol. The highest BCUT2D eigenvalue weighted by molar-refractivity contribution is 6.30. The summed E-state index contributed by atoms with van der Waals surface area (Å²) in [6, 6.07) is 15.9. The predicted octanol–water partition coefficient (Wildman–Crippen LogP) is 5.63. The molecular formula is C29H33ClN2O3. The van der Waals surface area contributed by atoms with Gasteiger partial charge in [-0.25, -0.2) is 0 Å². The van der Waals surface area contributed by atoms with Crippen molar-refractivity contribution in [3.05, 3.63) is 93.5 Å². The van der Waals surface area contributed by atoms with Gasteiger partial charge in [-0.05, 0) is 41.5 Å². The quantitative estimate of drug-likeness (QED) is 0.544. The third-order valence-corrected chi connectivity index (χ3v) is 6.88. The van der Waals surface area contributed by atoms with Gasteiger partial charge >= 0.3 is 0 Å². The van der Waals surface area contributed by atoms with Crippen LogP contribution in [0.1, 0.15) is 57.2 Å². The fourth-order valence-electron chi connectivity index (χ4n) is 4.77. The monoisotopic (exact) mass is 492 g/mol. The molecule has 1 aliphatic carbocycles. The van der Waals surface area contributed by atoms with Crippen molar-refractivity contribution < 1.29 is 14.3 Å². The van der Waals surface area contributed by atoms with E-state index in [1.807, 2.05) is 30.3 Å². The Hall–Kier alpha value is -2.89. The largest absolute Gasteiger partial charge is 0.355 e. The van der Waals surface area contributed by atoms with E-state index in [9.17, 15) is 9.59 Å². The van der Waals surface area contributed by atoms with E-state index in [0.29, 0.717) is 31.1 Å². The summed E-state index contributed by atoms with van der Waals surface area (Å²) in [6.45, 7) is 9.02. The maximum absolute atomic E-state index is 13.7. The highest BCUT2D eigenvalue weighted by Gasteiger charge is 2.53. The Balaban J connectivity index is 1.75. The van der Waals surface area contributed by atoms with Crippen LogP contribution in [0.15, 0.2) is 71.8 Å². The molecule has 5 nitrogen and oxygen atoms in total. The molecule has 1 N–H and O–H groups in total. The molecule has 0 spiro atoms. The molecule has 184 valence electrons. The number of amides is 2. The molecule has 0 saturated heterocycles. The molecule has 2 aliphatic rings. The average molecular weight is 493 g/mol. The van der Waals surface area contributed by atoms with Gasteiger partial charge in [0.15, 0.2) is 5.72 Å². The Morgan fingerprint density at radius 2 is 1.80 bits per heavy atom. The van der Waals surface area contributed by atoms with Crippen LogP contribution in [0.4, 0.5) is 0 Å². The van der Waals surface area contributed by atoms with Gasteiger partial charge in [0.05, 0.1) is 6.61 Å². The molecule has 0 aromatic heterocycles. The molecule has 2 aromatic rings. The summed E-state index contributed by atoms with van der Waals surface area (Å²) in [5, 5.41) is 3.44. The third-order valence-electron chi connectivity index (χ3n) is 6.63. The summed E-state index contributed by atoms with van der Waals surface area (Å²) in [7, 11) is 0. The zero-order chi connectivity index (χ0) is 25.2. The lowest BCUT2D eigenvalue weighted by atomic mass is 9.86. The number of nitrogens with zero attached hydrogens (tertiary/aromatic N) is 1. The van der Waals surface area contributed by atoms with Crippen molar-refractivity contribution in [1.82, 2.24) is 10.2 Å². The molecule has 0 fully saturated rings. The highest BCUT2D eigenvalue weighted by Crippen LogP contribution is 2.48. The van der Waals surface area contributed by atoms with Crippen LogP contribution < -0.4 is 5.32 Å². The Bertz CT molecular complexity index is 1160. The summed E-state index contributed by atoms with van der Waals surface area (Å²) in [5.74, 6) is -0.182. The van der Waals surface area contributed by atoms with Crippen molar-refractivity contribution in [2.45, 2.75) is 58.3 Å². The maximum Gasteiger partial charge on any atom is 0.253 e. The van der Waals surface area contributed by atoms with E-state index < -0.39 is 5.72 Å². The molecule has 1 aliphatic heterocycles. The topological polar surface area (TPSA) is 58.6 Å². The number of ether oxygens (including phenoxy) is 1. The normalized spacial score (nSPS) is 19.8. The van der Waals surface area contributed by atoms with E-state index in [0.717, 1.165) is 28.7 Å². The van der Waals surface area contributed by atoms with Gasteiger partial charge in [-0.1, -0.05) is 80.9 Å². The van der Waals surface area contributed by atoms with Gasteiger partial charge in [-0.2, -0.15) is 0 Å². The third kappa shape index (κ3) is 5.07. The summed E-state index contributed by atoms with van der Waals surface area (Å²) < 4.78 is 6.78. The van der Waals surface area contributed by atoms with Gasteiger partial charge in [-0.15, -0.1) is 0 Å². The van der Waals surface area contributed by atoms with Gasteiger partial charge in [0, 0.05) is 41.7 Å². The van der Waals surface area contributed by atoms with Crippen LogP contribution in [0.2, 0.25) is 5.02 Å². The number of carbonyl (C=O) groups excluding carboxylic acids is 2. The molecule has 0 radical (unpaired) electrons. The first-order valence-electron chi connectivity index (χ1n) is 12.1. The molecule has 1 atom stereocenters. The number of hydrogen-bond acceptors (Lipinski definition) is 3. The van der Waals surface area contributed by atoms with Gasteiger partial charge in [-0.3, -0.25) is 9.59 Å². The summed E-state index contributed by atoms with van der Waals surface area (Å²) in [6.07, 6.45) is 5.59. The van der Waals surface area contributed by atoms with Crippen LogP contribution in [-0.4, -0.2) is 29.8 Å². The second-order valence-electron chi connectivity index (χ2n) is 10.2. The highest BCUT2D eigenvalue weighted by atomic mass is 35.5. The lowest BCUT2D eigenvalue weighted by Gasteiger charge is -2.40. The molecule has 2 aromatic carbocycles. The van der Waals surface area contributed by atoms with Gasteiger partial charge < -0.3 is 15.0 Å². The van der Waals surface area contributed by atoms with Crippen LogP contribution in [-0.2, 0) is 32.1 Å². The van der Waals surface area contributed by atoms with Crippen molar-refractivity contribution in [2.75, 3.05) is 13.1 Å². The second kappa shape index (κ2) is 10.00. The molecule has 2 amide bonds. The minimum atomic E-state index is -1.10. The number of halogens is 1. The van der Waals surface area contributed by atoms with E-state index in [1.54, 1.807) is 4.90 Å². The van der Waals surface area contributed by atoms with E-state index in [-0.39, 0.29) is 17.2 Å². The SMILES string of the molecule is CC(=O)NCCN1C(=O)C2=C(C=CCC2)C1(OCc1ccc(C(C)(C)C)cc1)c1ccc(Cl)cc1. The van der Waals surface area contributed by atoms with Crippen molar-refractivity contribution >= 4 is 23.4 Å². The van der Waals surface area contributed by atoms with Gasteiger partial charge in [0.1, 0.15) is 0 Å². The number of nitrogens with one attached hydrogen (secondary N) is 1. The summed E-state index contributed by atoms with van der Waals surface area (Å²) >= 11 is 6.21. The Kier molecular flexibility index (Phi) is 7.20. The number of hydrogen-bond donors (Lipinski definition) is 1. The second-order valence-corrected chi connectivity index (χ2v) is 10.6. The number of benzene rings is 2. The lowest BCUT2D eigenvalue weighted by Crippen LogP contribution is -2.50. The smallest absolute Gasteiger partial charge is 0.253 e. The molecule has 1 unspecified atom stereocenters. The number of allylic oxidation sites excluding steroid dienone is 1. The molecule has 35 heavy (non-hydrogen) atoms. The molecule has 6 heteroatoms. The zero-order valence-electron chi connectivity index (χ0n) is 20.9. The number of carbonyl (C=O) groups is 2. The van der Waals surface area contributed by atoms with Gasteiger partial charge in [0.25, 0.3) is 5.91 Å². The minimum absolute atomic E-state index is 0.0484. The molecule has 0 saturated carbocycles. The van der Waals surface area contributed by atoms with Crippen LogP contribution in [0.3, 0.4) is 0 Å². The zero-order valence-corrected chi connectivity index (χ0v) is 21.6. The standard InChI is InChI=1S/C29H33ClN2O3/c1-20(33)31-17-18-32-27(34)25-7-5-6-8-26(25)29(32,23-13-15-24(30)16-14-23)35-19-21-9-11-22(12-10-21)28(2,3)4/h6,8-16H,5,7,17-19H2,1-4H3,(H,31,33). The summed E-state index contributed by atoms with van der Waals surface area (Å²) in [5.41, 5.74) is 3.71. The molecule has 1 heterocycles. The lowest BCUT2D eigenvalue weighted by molar-refractivity contribution is -0.161. The van der Waals surface area contributed by atoms with E-state index in [4.69, 9.17) is 16.3 Å². The minimum Gasteiger partial charge on any atom is -0.355 e. The van der Waals surface area contributed by atoms with E-state index in [2.05, 4.69) is 56.4 Å². The fraction of sp³-hybridized carbons (Fsp3) is 0.379. The van der Waals surface area contributed by atoms with Gasteiger partial charge in [0.2, 0.25) is 5.91 Å². The maximum atomic E-state index is 13.7. The van der Waals surface area contributed by atoms with Crippen molar-refractivity contribution in [2.24, 2.45) is 0 Å². The molecule has 4 rings (SSSR count). The molecule has 0 bridgehead atoms. The Morgan fingerprint density at radius 1 is 1.11 bits per heavy atom. The fourth-order valence-corrected chi connectivity index (χ4v) is 4.90. The van der Waals surface area contributed by atoms with Crippen LogP contribution in [0.5, 0.6) is 0 Å².